The normalized spacial score (nSPS) is 13.9. The number of nitrogens with one attached hydrogen (secondary N) is 2. The molecule has 0 amide bonds. The molecule has 3 aromatic rings. The van der Waals surface area contributed by atoms with Gasteiger partial charge in [-0.2, -0.15) is 15.0 Å². The lowest BCUT2D eigenvalue weighted by Gasteiger charge is -2.25. The van der Waals surface area contributed by atoms with Crippen LogP contribution < -0.4 is 10.6 Å². The lowest BCUT2D eigenvalue weighted by Crippen LogP contribution is -2.22. The molecule has 1 aliphatic carbocycles. The molecular formula is C19H20N6. The zero-order valence-electron chi connectivity index (χ0n) is 13.9. The first-order valence-corrected chi connectivity index (χ1v) is 8.59. The van der Waals surface area contributed by atoms with Crippen LogP contribution in [0.5, 0.6) is 0 Å². The molecule has 2 aromatic heterocycles. The lowest BCUT2D eigenvalue weighted by atomic mass is 9.85. The first-order valence-electron chi connectivity index (χ1n) is 8.59. The summed E-state index contributed by atoms with van der Waals surface area (Å²) in [7, 11) is 0. The van der Waals surface area contributed by atoms with Crippen LogP contribution in [0.4, 0.5) is 17.6 Å². The van der Waals surface area contributed by atoms with Crippen molar-refractivity contribution in [1.29, 1.82) is 0 Å². The van der Waals surface area contributed by atoms with Gasteiger partial charge in [0.05, 0.1) is 0 Å². The van der Waals surface area contributed by atoms with E-state index in [1.807, 2.05) is 42.5 Å². The van der Waals surface area contributed by atoms with Crippen LogP contribution in [0.1, 0.15) is 19.3 Å². The Morgan fingerprint density at radius 1 is 0.880 bits per heavy atom. The summed E-state index contributed by atoms with van der Waals surface area (Å²) in [6.45, 7) is 0.910. The number of aromatic nitrogens is 4. The summed E-state index contributed by atoms with van der Waals surface area (Å²) in [6.07, 6.45) is 7.36. The predicted octanol–water partition coefficient (Wildman–Crippen LogP) is 3.89. The molecule has 1 aliphatic rings. The fourth-order valence-electron chi connectivity index (χ4n) is 2.72. The predicted molar refractivity (Wildman–Crippen MR) is 98.6 cm³/mol. The zero-order chi connectivity index (χ0) is 16.9. The van der Waals surface area contributed by atoms with Crippen molar-refractivity contribution in [1.82, 2.24) is 19.9 Å². The molecule has 0 bridgehead atoms. The highest BCUT2D eigenvalue weighted by Crippen LogP contribution is 2.26. The summed E-state index contributed by atoms with van der Waals surface area (Å²) in [4.78, 5) is 17.7. The largest absolute Gasteiger partial charge is 0.354 e. The second-order valence-electron chi connectivity index (χ2n) is 6.21. The molecule has 0 saturated heterocycles. The number of rotatable bonds is 6. The summed E-state index contributed by atoms with van der Waals surface area (Å²) in [5.41, 5.74) is 1.86. The maximum Gasteiger partial charge on any atom is 0.232 e. The van der Waals surface area contributed by atoms with Crippen molar-refractivity contribution in [3.8, 4) is 11.4 Å². The van der Waals surface area contributed by atoms with E-state index in [4.69, 9.17) is 0 Å². The van der Waals surface area contributed by atoms with E-state index in [1.165, 1.54) is 19.3 Å². The molecule has 2 N–H and O–H groups in total. The third-order valence-corrected chi connectivity index (χ3v) is 4.38. The molecular weight excluding hydrogens is 312 g/mol. The van der Waals surface area contributed by atoms with Crippen molar-refractivity contribution in [3.63, 3.8) is 0 Å². The van der Waals surface area contributed by atoms with Gasteiger partial charge in [0.1, 0.15) is 0 Å². The van der Waals surface area contributed by atoms with Gasteiger partial charge in [0.25, 0.3) is 0 Å². The molecule has 25 heavy (non-hydrogen) atoms. The Balaban J connectivity index is 1.62. The van der Waals surface area contributed by atoms with E-state index in [9.17, 15) is 0 Å². The number of pyridine rings is 1. The van der Waals surface area contributed by atoms with Gasteiger partial charge >= 0.3 is 0 Å². The fraction of sp³-hybridized carbons (Fsp3) is 0.263. The standard InChI is InChI=1S/C19H20N6/c1-2-7-15(8-3-1)17-23-18(21-13-14-5-4-6-14)25-19(24-17)22-16-9-11-20-12-10-16/h1-3,7-12,14H,4-6,13H2,(H2,20,21,22,23,24,25). The highest BCUT2D eigenvalue weighted by atomic mass is 15.2. The Labute approximate surface area is 146 Å². The van der Waals surface area contributed by atoms with E-state index in [2.05, 4.69) is 30.6 Å². The monoisotopic (exact) mass is 332 g/mol. The molecule has 1 fully saturated rings. The maximum atomic E-state index is 4.59. The van der Waals surface area contributed by atoms with Crippen molar-refractivity contribution in [2.75, 3.05) is 17.2 Å². The summed E-state index contributed by atoms with van der Waals surface area (Å²) in [6, 6.07) is 13.7. The van der Waals surface area contributed by atoms with Gasteiger partial charge in [0, 0.05) is 30.2 Å². The van der Waals surface area contributed by atoms with Crippen molar-refractivity contribution in [2.45, 2.75) is 19.3 Å². The van der Waals surface area contributed by atoms with Crippen molar-refractivity contribution < 1.29 is 0 Å². The molecule has 126 valence electrons. The van der Waals surface area contributed by atoms with Crippen LogP contribution in [0.25, 0.3) is 11.4 Å². The first-order chi connectivity index (χ1) is 12.4. The summed E-state index contributed by atoms with van der Waals surface area (Å²) in [5, 5.41) is 6.60. The van der Waals surface area contributed by atoms with Crippen LogP contribution >= 0.6 is 0 Å². The smallest absolute Gasteiger partial charge is 0.232 e. The molecule has 2 heterocycles. The number of nitrogens with zero attached hydrogens (tertiary/aromatic N) is 4. The summed E-state index contributed by atoms with van der Waals surface area (Å²) >= 11 is 0. The first kappa shape index (κ1) is 15.5. The van der Waals surface area contributed by atoms with E-state index < -0.39 is 0 Å². The number of benzene rings is 1. The molecule has 0 spiro atoms. The second-order valence-corrected chi connectivity index (χ2v) is 6.21. The molecule has 6 nitrogen and oxygen atoms in total. The van der Waals surface area contributed by atoms with E-state index in [0.717, 1.165) is 23.7 Å². The third-order valence-electron chi connectivity index (χ3n) is 4.38. The Bertz CT molecular complexity index is 818. The highest BCUT2D eigenvalue weighted by molar-refractivity contribution is 5.60. The quantitative estimate of drug-likeness (QED) is 0.713. The molecule has 4 rings (SSSR count). The Morgan fingerprint density at radius 2 is 1.64 bits per heavy atom. The van der Waals surface area contributed by atoms with Crippen molar-refractivity contribution >= 4 is 17.6 Å². The van der Waals surface area contributed by atoms with Crippen LogP contribution in [0, 0.1) is 5.92 Å². The van der Waals surface area contributed by atoms with Crippen molar-refractivity contribution in [3.05, 3.63) is 54.9 Å². The number of hydrogen-bond acceptors (Lipinski definition) is 6. The van der Waals surface area contributed by atoms with E-state index in [1.54, 1.807) is 12.4 Å². The molecule has 0 unspecified atom stereocenters. The molecule has 0 aliphatic heterocycles. The van der Waals surface area contributed by atoms with Gasteiger partial charge in [-0.3, -0.25) is 4.98 Å². The topological polar surface area (TPSA) is 75.6 Å². The average Bonchev–Trinajstić information content (AvgIpc) is 2.62. The average molecular weight is 332 g/mol. The van der Waals surface area contributed by atoms with Gasteiger partial charge in [0.15, 0.2) is 5.82 Å². The number of hydrogen-bond donors (Lipinski definition) is 2. The number of anilines is 3. The van der Waals surface area contributed by atoms with Crippen LogP contribution in [0.2, 0.25) is 0 Å². The third kappa shape index (κ3) is 3.91. The SMILES string of the molecule is c1ccc(-c2nc(NCC3CCC3)nc(Nc3ccncc3)n2)cc1. The minimum absolute atomic E-state index is 0.524. The van der Waals surface area contributed by atoms with Gasteiger partial charge in [-0.05, 0) is 30.9 Å². The van der Waals surface area contributed by atoms with Crippen LogP contribution in [0.3, 0.4) is 0 Å². The summed E-state index contributed by atoms with van der Waals surface area (Å²) in [5.74, 6) is 2.52. The van der Waals surface area contributed by atoms with Gasteiger partial charge in [-0.1, -0.05) is 36.8 Å². The van der Waals surface area contributed by atoms with E-state index in [0.29, 0.717) is 17.7 Å². The molecule has 0 radical (unpaired) electrons. The van der Waals surface area contributed by atoms with Gasteiger partial charge in [-0.15, -0.1) is 0 Å². The fourth-order valence-corrected chi connectivity index (χ4v) is 2.72. The van der Waals surface area contributed by atoms with Gasteiger partial charge in [0.2, 0.25) is 11.9 Å². The molecule has 6 heteroatoms. The van der Waals surface area contributed by atoms with Crippen LogP contribution in [-0.4, -0.2) is 26.5 Å². The Morgan fingerprint density at radius 3 is 2.36 bits per heavy atom. The van der Waals surface area contributed by atoms with E-state index in [-0.39, 0.29) is 0 Å². The van der Waals surface area contributed by atoms with Crippen LogP contribution in [-0.2, 0) is 0 Å². The maximum absolute atomic E-state index is 4.59. The Hall–Kier alpha value is -3.02. The molecule has 0 atom stereocenters. The second kappa shape index (κ2) is 7.25. The van der Waals surface area contributed by atoms with Gasteiger partial charge < -0.3 is 10.6 Å². The highest BCUT2D eigenvalue weighted by Gasteiger charge is 2.18. The summed E-state index contributed by atoms with van der Waals surface area (Å²) < 4.78 is 0. The lowest BCUT2D eigenvalue weighted by molar-refractivity contribution is 0.333. The van der Waals surface area contributed by atoms with Gasteiger partial charge in [-0.25, -0.2) is 0 Å². The minimum atomic E-state index is 0.524. The van der Waals surface area contributed by atoms with Crippen LogP contribution in [0.15, 0.2) is 54.9 Å². The molecule has 1 saturated carbocycles. The van der Waals surface area contributed by atoms with E-state index >= 15 is 0 Å². The minimum Gasteiger partial charge on any atom is -0.354 e. The Kier molecular flexibility index (Phi) is 4.50. The van der Waals surface area contributed by atoms with Crippen molar-refractivity contribution in [2.24, 2.45) is 5.92 Å². The zero-order valence-corrected chi connectivity index (χ0v) is 13.9. The molecule has 1 aromatic carbocycles.